The number of ether oxygens (including phenoxy) is 1. The number of halogens is 1. The van der Waals surface area contributed by atoms with Gasteiger partial charge in [0, 0.05) is 12.0 Å². The first-order valence-electron chi connectivity index (χ1n) is 12.0. The number of alkyl carbamates (subject to hydrolysis) is 1. The number of nitrogens with one attached hydrogen (secondary N) is 1. The molecule has 2 aromatic carbocycles. The van der Waals surface area contributed by atoms with Gasteiger partial charge in [0.2, 0.25) is 19.7 Å². The van der Waals surface area contributed by atoms with Gasteiger partial charge in [0.05, 0.1) is 9.79 Å². The molecule has 0 heterocycles. The lowest BCUT2D eigenvalue weighted by molar-refractivity contribution is 0.0277. The molecular formula is C26H34FNO6S2. The summed E-state index contributed by atoms with van der Waals surface area (Å²) < 4.78 is 73.7. The van der Waals surface area contributed by atoms with Crippen LogP contribution in [0.2, 0.25) is 0 Å². The Bertz CT molecular complexity index is 1170. The largest absolute Gasteiger partial charge is 0.446 e. The van der Waals surface area contributed by atoms with Crippen molar-refractivity contribution in [1.82, 2.24) is 5.32 Å². The van der Waals surface area contributed by atoms with Crippen LogP contribution in [0.5, 0.6) is 0 Å². The monoisotopic (exact) mass is 539 g/mol. The Hall–Kier alpha value is -2.46. The summed E-state index contributed by atoms with van der Waals surface area (Å²) in [4.78, 5) is 11.8. The van der Waals surface area contributed by atoms with Gasteiger partial charge in [0.15, 0.2) is 0 Å². The molecule has 1 saturated carbocycles. The Kier molecular flexibility index (Phi) is 8.50. The fourth-order valence-corrected chi connectivity index (χ4v) is 8.67. The smallest absolute Gasteiger partial charge is 0.407 e. The Morgan fingerprint density at radius 2 is 1.33 bits per heavy atom. The number of rotatable bonds is 8. The van der Waals surface area contributed by atoms with E-state index in [1.54, 1.807) is 32.9 Å². The minimum Gasteiger partial charge on any atom is -0.446 e. The maximum atomic E-state index is 17.1. The molecule has 7 nitrogen and oxygen atoms in total. The highest BCUT2D eigenvalue weighted by Crippen LogP contribution is 2.43. The van der Waals surface area contributed by atoms with Crippen molar-refractivity contribution in [2.75, 3.05) is 0 Å². The van der Waals surface area contributed by atoms with Crippen molar-refractivity contribution in [2.45, 2.75) is 85.1 Å². The van der Waals surface area contributed by atoms with E-state index in [1.807, 2.05) is 0 Å². The summed E-state index contributed by atoms with van der Waals surface area (Å²) in [5, 5.41) is 2.63. The normalized spacial score (nSPS) is 16.8. The van der Waals surface area contributed by atoms with E-state index in [2.05, 4.69) is 5.32 Å². The van der Waals surface area contributed by atoms with Gasteiger partial charge in [0.25, 0.3) is 0 Å². The van der Waals surface area contributed by atoms with E-state index in [-0.39, 0.29) is 5.92 Å². The lowest BCUT2D eigenvalue weighted by atomic mass is 9.84. The average molecular weight is 540 g/mol. The molecule has 2 aromatic rings. The number of carbonyl (C=O) groups excluding carboxylic acids is 1. The van der Waals surface area contributed by atoms with E-state index < -0.39 is 58.0 Å². The Morgan fingerprint density at radius 3 is 1.75 bits per heavy atom. The van der Waals surface area contributed by atoms with Crippen LogP contribution in [0.3, 0.4) is 0 Å². The third-order valence-electron chi connectivity index (χ3n) is 6.27. The number of hydrogen-bond donors (Lipinski definition) is 1. The van der Waals surface area contributed by atoms with E-state index in [1.165, 1.54) is 24.3 Å². The van der Waals surface area contributed by atoms with Gasteiger partial charge in [0.1, 0.15) is 6.10 Å². The molecular weight excluding hydrogens is 505 g/mol. The van der Waals surface area contributed by atoms with Gasteiger partial charge in [-0.1, -0.05) is 55.7 Å². The van der Waals surface area contributed by atoms with Crippen LogP contribution in [0.4, 0.5) is 9.18 Å². The first-order valence-corrected chi connectivity index (χ1v) is 15.0. The van der Waals surface area contributed by atoms with Gasteiger partial charge in [-0.05, 0) is 63.8 Å². The van der Waals surface area contributed by atoms with Crippen LogP contribution in [-0.2, 0) is 24.4 Å². The minimum atomic E-state index is -5.08. The second kappa shape index (κ2) is 10.9. The summed E-state index contributed by atoms with van der Waals surface area (Å²) in [6, 6.07) is 13.3. The Balaban J connectivity index is 2.13. The molecule has 10 heteroatoms. The zero-order chi connectivity index (χ0) is 26.6. The highest BCUT2D eigenvalue weighted by molar-refractivity contribution is 8.10. The number of alkyl halides is 1. The van der Waals surface area contributed by atoms with Crippen LogP contribution in [0.1, 0.15) is 59.3 Å². The van der Waals surface area contributed by atoms with E-state index >= 15 is 4.39 Å². The summed E-state index contributed by atoms with van der Waals surface area (Å²) in [6.07, 6.45) is 0.514. The topological polar surface area (TPSA) is 107 Å². The van der Waals surface area contributed by atoms with Crippen molar-refractivity contribution < 1.29 is 30.8 Å². The molecule has 0 radical (unpaired) electrons. The van der Waals surface area contributed by atoms with Gasteiger partial charge in [-0.2, -0.15) is 0 Å². The Labute approximate surface area is 213 Å². The second-order valence-electron chi connectivity index (χ2n) is 10.2. The molecule has 0 aromatic heterocycles. The predicted molar refractivity (Wildman–Crippen MR) is 135 cm³/mol. The lowest BCUT2D eigenvalue weighted by Crippen LogP contribution is -2.49. The molecule has 3 rings (SSSR count). The fraction of sp³-hybridized carbons (Fsp3) is 0.500. The third kappa shape index (κ3) is 6.08. The fourth-order valence-electron chi connectivity index (χ4n) is 4.44. The maximum absolute atomic E-state index is 17.1. The summed E-state index contributed by atoms with van der Waals surface area (Å²) in [6.45, 7) is 5.22. The third-order valence-corrected chi connectivity index (χ3v) is 11.3. The zero-order valence-corrected chi connectivity index (χ0v) is 22.4. The molecule has 0 spiro atoms. The van der Waals surface area contributed by atoms with Crippen LogP contribution in [0.25, 0.3) is 0 Å². The molecule has 36 heavy (non-hydrogen) atoms. The van der Waals surface area contributed by atoms with Gasteiger partial charge in [-0.25, -0.2) is 26.0 Å². The van der Waals surface area contributed by atoms with Crippen LogP contribution in [0, 0.1) is 5.92 Å². The Morgan fingerprint density at radius 1 is 0.889 bits per heavy atom. The van der Waals surface area contributed by atoms with Crippen molar-refractivity contribution >= 4 is 25.8 Å². The highest BCUT2D eigenvalue weighted by atomic mass is 32.3. The van der Waals surface area contributed by atoms with Gasteiger partial charge in [-0.15, -0.1) is 0 Å². The molecule has 0 saturated heterocycles. The standard InChI is InChI=1S/C26H34FNO6S2/c1-25(2,3)28-24(29)34-23(20-13-7-4-8-14-20)19-26(27,35(30,31)21-15-9-5-10-16-21)36(32,33)22-17-11-6-12-18-22/h5-6,9-12,15-18,20,23H,4,7-8,13-14,19H2,1-3H3,(H,28,29)/t23-/m1/s1. The molecule has 0 bridgehead atoms. The van der Waals surface area contributed by atoms with Gasteiger partial charge >= 0.3 is 10.4 Å². The van der Waals surface area contributed by atoms with Crippen LogP contribution in [0.15, 0.2) is 70.5 Å². The number of benzene rings is 2. The van der Waals surface area contributed by atoms with Crippen molar-refractivity contribution in [1.29, 1.82) is 0 Å². The summed E-state index contributed by atoms with van der Waals surface area (Å²) in [5.41, 5.74) is -0.659. The summed E-state index contributed by atoms with van der Waals surface area (Å²) in [7, 11) is -10.2. The maximum Gasteiger partial charge on any atom is 0.407 e. The number of amides is 1. The minimum absolute atomic E-state index is 0.378. The number of carbonyl (C=O) groups is 1. The van der Waals surface area contributed by atoms with Crippen molar-refractivity contribution in [3.8, 4) is 0 Å². The SMILES string of the molecule is CC(C)(C)NC(=O)O[C@H](CC(F)(S(=O)(=O)c1ccccc1)S(=O)(=O)c1ccccc1)C1CCCCC1. The van der Waals surface area contributed by atoms with Crippen LogP contribution >= 0.6 is 0 Å². The number of sulfone groups is 2. The van der Waals surface area contributed by atoms with E-state index in [0.717, 1.165) is 43.5 Å². The molecule has 1 fully saturated rings. The molecule has 1 aliphatic carbocycles. The molecule has 0 aliphatic heterocycles. The molecule has 1 aliphatic rings. The van der Waals surface area contributed by atoms with E-state index in [4.69, 9.17) is 4.74 Å². The summed E-state index contributed by atoms with van der Waals surface area (Å²) in [5.74, 6) is -0.378. The lowest BCUT2D eigenvalue weighted by Gasteiger charge is -2.35. The number of hydrogen-bond acceptors (Lipinski definition) is 6. The molecule has 1 amide bonds. The van der Waals surface area contributed by atoms with Crippen LogP contribution < -0.4 is 5.32 Å². The average Bonchev–Trinajstić information content (AvgIpc) is 2.84. The van der Waals surface area contributed by atoms with E-state index in [9.17, 15) is 21.6 Å². The summed E-state index contributed by atoms with van der Waals surface area (Å²) >= 11 is 0. The van der Waals surface area contributed by atoms with Crippen molar-refractivity contribution in [2.24, 2.45) is 5.92 Å². The highest BCUT2D eigenvalue weighted by Gasteiger charge is 2.59. The van der Waals surface area contributed by atoms with Crippen LogP contribution in [-0.4, -0.2) is 38.9 Å². The van der Waals surface area contributed by atoms with Crippen molar-refractivity contribution in [3.05, 3.63) is 60.7 Å². The van der Waals surface area contributed by atoms with Gasteiger partial charge < -0.3 is 10.1 Å². The molecule has 0 unspecified atom stereocenters. The molecule has 1 N–H and O–H groups in total. The second-order valence-corrected chi connectivity index (χ2v) is 14.7. The first-order chi connectivity index (χ1) is 16.8. The first kappa shape index (κ1) is 28.1. The van der Waals surface area contributed by atoms with Gasteiger partial charge in [-0.3, -0.25) is 0 Å². The zero-order valence-electron chi connectivity index (χ0n) is 20.8. The molecule has 1 atom stereocenters. The van der Waals surface area contributed by atoms with E-state index in [0.29, 0.717) is 12.8 Å². The predicted octanol–water partition coefficient (Wildman–Crippen LogP) is 5.42. The molecule has 198 valence electrons. The van der Waals surface area contributed by atoms with Crippen molar-refractivity contribution in [3.63, 3.8) is 0 Å². The quantitative estimate of drug-likeness (QED) is 0.480.